The lowest BCUT2D eigenvalue weighted by Crippen LogP contribution is -2.50. The van der Waals surface area contributed by atoms with Crippen LogP contribution in [0.4, 0.5) is 0 Å². The van der Waals surface area contributed by atoms with Gasteiger partial charge in [-0.1, -0.05) is 0 Å². The van der Waals surface area contributed by atoms with E-state index in [1.807, 2.05) is 0 Å². The first kappa shape index (κ1) is 14.3. The van der Waals surface area contributed by atoms with Crippen LogP contribution in [0.25, 0.3) is 0 Å². The summed E-state index contributed by atoms with van der Waals surface area (Å²) >= 11 is 0. The van der Waals surface area contributed by atoms with Crippen molar-refractivity contribution >= 4 is 5.91 Å². The lowest BCUT2D eigenvalue weighted by Gasteiger charge is -2.27. The summed E-state index contributed by atoms with van der Waals surface area (Å²) in [5, 5.41) is 3.17. The first-order valence-corrected chi connectivity index (χ1v) is 8.04. The number of amides is 1. The quantitative estimate of drug-likeness (QED) is 0.786. The molecule has 0 bridgehead atoms. The summed E-state index contributed by atoms with van der Waals surface area (Å²) in [4.78, 5) is 14.8. The Labute approximate surface area is 121 Å². The minimum Gasteiger partial charge on any atom is -0.381 e. The van der Waals surface area contributed by atoms with Crippen molar-refractivity contribution in [3.05, 3.63) is 0 Å². The Morgan fingerprint density at radius 1 is 1.30 bits per heavy atom. The zero-order valence-electron chi connectivity index (χ0n) is 12.4. The molecule has 3 rings (SSSR count). The third-order valence-corrected chi connectivity index (χ3v) is 5.06. The summed E-state index contributed by atoms with van der Waals surface area (Å²) in [6.07, 6.45) is 5.52. The predicted octanol–water partition coefficient (Wildman–Crippen LogP) is 0.482. The first-order valence-electron chi connectivity index (χ1n) is 8.04. The van der Waals surface area contributed by atoms with Crippen molar-refractivity contribution in [1.82, 2.24) is 10.2 Å². The van der Waals surface area contributed by atoms with E-state index in [1.54, 1.807) is 0 Å². The van der Waals surface area contributed by atoms with Gasteiger partial charge in [-0.2, -0.15) is 0 Å². The Bertz CT molecular complexity index is 353. The van der Waals surface area contributed by atoms with Gasteiger partial charge in [0, 0.05) is 37.9 Å². The Hall–Kier alpha value is -0.650. The Morgan fingerprint density at radius 3 is 2.65 bits per heavy atom. The molecule has 3 fully saturated rings. The second kappa shape index (κ2) is 6.00. The molecule has 1 amide bonds. The summed E-state index contributed by atoms with van der Waals surface area (Å²) in [5.74, 6) is 0.314. The molecule has 0 spiro atoms. The lowest BCUT2D eigenvalue weighted by molar-refractivity contribution is -0.125. The minimum absolute atomic E-state index is 0.0340. The maximum Gasteiger partial charge on any atom is 0.237 e. The van der Waals surface area contributed by atoms with Crippen molar-refractivity contribution in [1.29, 1.82) is 0 Å². The van der Waals surface area contributed by atoms with Crippen molar-refractivity contribution in [3.8, 4) is 0 Å². The van der Waals surface area contributed by atoms with Crippen molar-refractivity contribution in [2.24, 2.45) is 11.7 Å². The molecule has 3 aliphatic rings. The molecule has 1 aliphatic carbocycles. The van der Waals surface area contributed by atoms with E-state index in [-0.39, 0.29) is 23.9 Å². The van der Waals surface area contributed by atoms with Crippen LogP contribution < -0.4 is 11.1 Å². The normalized spacial score (nSPS) is 34.1. The van der Waals surface area contributed by atoms with E-state index in [1.165, 1.54) is 12.8 Å². The first-order chi connectivity index (χ1) is 9.65. The van der Waals surface area contributed by atoms with E-state index < -0.39 is 0 Å². The largest absolute Gasteiger partial charge is 0.381 e. The molecule has 5 nitrogen and oxygen atoms in total. The van der Waals surface area contributed by atoms with Crippen molar-refractivity contribution < 1.29 is 9.53 Å². The molecule has 1 saturated carbocycles. The third-order valence-electron chi connectivity index (χ3n) is 5.06. The molecule has 20 heavy (non-hydrogen) atoms. The molecule has 0 radical (unpaired) electrons. The second-order valence-corrected chi connectivity index (χ2v) is 6.69. The van der Waals surface area contributed by atoms with Crippen LogP contribution in [0.15, 0.2) is 0 Å². The molecule has 5 heteroatoms. The van der Waals surface area contributed by atoms with Gasteiger partial charge >= 0.3 is 0 Å². The average molecular weight is 281 g/mol. The van der Waals surface area contributed by atoms with Gasteiger partial charge in [0.15, 0.2) is 0 Å². The fourth-order valence-corrected chi connectivity index (χ4v) is 3.66. The van der Waals surface area contributed by atoms with Crippen LogP contribution in [0.3, 0.4) is 0 Å². The standard InChI is InChI=1S/C15H27N3O2/c1-10-8-12(9-18(10)13-2-3-13)17-15(19)14(16)11-4-6-20-7-5-11/h10-14H,2-9,16H2,1H3,(H,17,19). The molecule has 0 aromatic rings. The fraction of sp³-hybridized carbons (Fsp3) is 0.933. The van der Waals surface area contributed by atoms with Crippen LogP contribution in [-0.2, 0) is 9.53 Å². The van der Waals surface area contributed by atoms with Crippen LogP contribution in [0.2, 0.25) is 0 Å². The van der Waals surface area contributed by atoms with Gasteiger partial charge in [-0.05, 0) is 44.9 Å². The third kappa shape index (κ3) is 3.15. The molecule has 3 unspecified atom stereocenters. The molecule has 0 aromatic carbocycles. The van der Waals surface area contributed by atoms with Gasteiger partial charge in [0.05, 0.1) is 6.04 Å². The van der Waals surface area contributed by atoms with E-state index in [4.69, 9.17) is 10.5 Å². The summed E-state index contributed by atoms with van der Waals surface area (Å²) in [6, 6.07) is 1.27. The Balaban J connectivity index is 1.48. The van der Waals surface area contributed by atoms with Crippen LogP contribution in [-0.4, -0.2) is 54.7 Å². The summed E-state index contributed by atoms with van der Waals surface area (Å²) in [5.41, 5.74) is 6.13. The van der Waals surface area contributed by atoms with Gasteiger partial charge in [0.25, 0.3) is 0 Å². The summed E-state index contributed by atoms with van der Waals surface area (Å²) < 4.78 is 5.33. The number of hydrogen-bond donors (Lipinski definition) is 2. The van der Waals surface area contributed by atoms with Crippen LogP contribution in [0.1, 0.15) is 39.0 Å². The van der Waals surface area contributed by atoms with E-state index in [0.717, 1.165) is 45.1 Å². The number of nitrogens with two attached hydrogens (primary N) is 1. The summed E-state index contributed by atoms with van der Waals surface area (Å²) in [7, 11) is 0. The fourth-order valence-electron chi connectivity index (χ4n) is 3.66. The van der Waals surface area contributed by atoms with Crippen LogP contribution in [0, 0.1) is 5.92 Å². The SMILES string of the molecule is CC1CC(NC(=O)C(N)C2CCOCC2)CN1C1CC1. The van der Waals surface area contributed by atoms with Gasteiger partial charge in [0.2, 0.25) is 5.91 Å². The Morgan fingerprint density at radius 2 is 2.00 bits per heavy atom. The van der Waals surface area contributed by atoms with E-state index >= 15 is 0 Å². The number of hydrogen-bond acceptors (Lipinski definition) is 4. The topological polar surface area (TPSA) is 67.6 Å². The molecule has 2 saturated heterocycles. The zero-order chi connectivity index (χ0) is 14.1. The van der Waals surface area contributed by atoms with Gasteiger partial charge in [-0.3, -0.25) is 9.69 Å². The Kier molecular flexibility index (Phi) is 4.29. The number of rotatable bonds is 4. The monoisotopic (exact) mass is 281 g/mol. The van der Waals surface area contributed by atoms with Crippen molar-refractivity contribution in [2.75, 3.05) is 19.8 Å². The minimum atomic E-state index is -0.371. The number of carbonyl (C=O) groups excluding carboxylic acids is 1. The average Bonchev–Trinajstić information content (AvgIpc) is 3.23. The lowest BCUT2D eigenvalue weighted by atomic mass is 9.91. The number of nitrogens with one attached hydrogen (secondary N) is 1. The van der Waals surface area contributed by atoms with E-state index in [0.29, 0.717) is 6.04 Å². The molecule has 3 N–H and O–H groups in total. The zero-order valence-corrected chi connectivity index (χ0v) is 12.4. The van der Waals surface area contributed by atoms with Gasteiger partial charge < -0.3 is 15.8 Å². The summed E-state index contributed by atoms with van der Waals surface area (Å²) in [6.45, 7) is 4.74. The molecular formula is C15H27N3O2. The maximum absolute atomic E-state index is 12.3. The highest BCUT2D eigenvalue weighted by molar-refractivity contribution is 5.82. The van der Waals surface area contributed by atoms with Crippen LogP contribution in [0.5, 0.6) is 0 Å². The highest BCUT2D eigenvalue weighted by atomic mass is 16.5. The van der Waals surface area contributed by atoms with Gasteiger partial charge in [-0.15, -0.1) is 0 Å². The van der Waals surface area contributed by atoms with E-state index in [2.05, 4.69) is 17.1 Å². The number of carbonyl (C=O) groups is 1. The number of likely N-dealkylation sites (tertiary alicyclic amines) is 1. The highest BCUT2D eigenvalue weighted by Gasteiger charge is 2.39. The van der Waals surface area contributed by atoms with Gasteiger partial charge in [0.1, 0.15) is 0 Å². The maximum atomic E-state index is 12.3. The molecule has 2 aliphatic heterocycles. The second-order valence-electron chi connectivity index (χ2n) is 6.69. The molecule has 2 heterocycles. The number of ether oxygens (including phenoxy) is 1. The highest BCUT2D eigenvalue weighted by Crippen LogP contribution is 2.33. The predicted molar refractivity (Wildman–Crippen MR) is 77.3 cm³/mol. The smallest absolute Gasteiger partial charge is 0.237 e. The van der Waals surface area contributed by atoms with Crippen LogP contribution >= 0.6 is 0 Å². The number of nitrogens with zero attached hydrogens (tertiary/aromatic N) is 1. The molecule has 3 atom stereocenters. The van der Waals surface area contributed by atoms with Crippen molar-refractivity contribution in [2.45, 2.75) is 63.2 Å². The van der Waals surface area contributed by atoms with Crippen molar-refractivity contribution in [3.63, 3.8) is 0 Å². The molecular weight excluding hydrogens is 254 g/mol. The molecule has 0 aromatic heterocycles. The van der Waals surface area contributed by atoms with E-state index in [9.17, 15) is 4.79 Å². The molecule has 114 valence electrons. The van der Waals surface area contributed by atoms with Gasteiger partial charge in [-0.25, -0.2) is 0 Å².